The van der Waals surface area contributed by atoms with E-state index in [0.717, 1.165) is 5.56 Å². The average molecular weight is 344 g/mol. The number of carbonyl (C=O) groups is 2. The maximum absolute atomic E-state index is 12.9. The first-order valence-corrected chi connectivity index (χ1v) is 8.08. The highest BCUT2D eigenvalue weighted by atomic mass is 19.1. The molecule has 0 aromatic heterocycles. The summed E-state index contributed by atoms with van der Waals surface area (Å²) in [6, 6.07) is 11.9. The zero-order valence-corrected chi connectivity index (χ0v) is 14.0. The molecule has 0 aliphatic carbocycles. The number of aliphatic hydroxyl groups excluding tert-OH is 1. The van der Waals surface area contributed by atoms with E-state index in [0.29, 0.717) is 17.7 Å². The summed E-state index contributed by atoms with van der Waals surface area (Å²) in [6.07, 6.45) is 0.860. The second-order valence-electron chi connectivity index (χ2n) is 5.69. The van der Waals surface area contributed by atoms with Gasteiger partial charge in [-0.25, -0.2) is 4.39 Å². The van der Waals surface area contributed by atoms with Crippen molar-refractivity contribution in [2.75, 3.05) is 11.9 Å². The highest BCUT2D eigenvalue weighted by Gasteiger charge is 2.10. The molecule has 0 saturated carbocycles. The Morgan fingerprint density at radius 2 is 1.72 bits per heavy atom. The number of halogens is 1. The molecule has 132 valence electrons. The summed E-state index contributed by atoms with van der Waals surface area (Å²) in [5.41, 5.74) is 1.74. The van der Waals surface area contributed by atoms with Crippen molar-refractivity contribution in [1.82, 2.24) is 5.32 Å². The van der Waals surface area contributed by atoms with Crippen LogP contribution in [0.2, 0.25) is 0 Å². The first-order valence-electron chi connectivity index (χ1n) is 8.08. The predicted octanol–water partition coefficient (Wildman–Crippen LogP) is 2.51. The summed E-state index contributed by atoms with van der Waals surface area (Å²) in [5, 5.41) is 14.6. The summed E-state index contributed by atoms with van der Waals surface area (Å²) < 4.78 is 12.9. The smallest absolute Gasteiger partial charge is 0.255 e. The number of anilines is 1. The standard InChI is InChI=1S/C19H21FN2O3/c1-2-16(12-23)21-18(24)11-13-3-9-17(10-4-13)22-19(25)14-5-7-15(20)8-6-14/h3-10,16,23H,2,11-12H2,1H3,(H,21,24)(H,22,25). The minimum Gasteiger partial charge on any atom is -0.394 e. The zero-order chi connectivity index (χ0) is 18.2. The molecule has 0 radical (unpaired) electrons. The van der Waals surface area contributed by atoms with E-state index in [9.17, 15) is 14.0 Å². The van der Waals surface area contributed by atoms with Gasteiger partial charge in [-0.05, 0) is 48.4 Å². The molecule has 3 N–H and O–H groups in total. The minimum absolute atomic E-state index is 0.0867. The molecule has 5 nitrogen and oxygen atoms in total. The molecular formula is C19H21FN2O3. The minimum atomic E-state index is -0.398. The maximum Gasteiger partial charge on any atom is 0.255 e. The summed E-state index contributed by atoms with van der Waals surface area (Å²) in [5.74, 6) is -0.895. The van der Waals surface area contributed by atoms with E-state index in [-0.39, 0.29) is 30.9 Å². The van der Waals surface area contributed by atoms with Crippen molar-refractivity contribution in [2.45, 2.75) is 25.8 Å². The van der Waals surface area contributed by atoms with Crippen molar-refractivity contribution in [3.05, 3.63) is 65.5 Å². The Morgan fingerprint density at radius 1 is 1.08 bits per heavy atom. The quantitative estimate of drug-likeness (QED) is 0.722. The molecule has 1 unspecified atom stereocenters. The Labute approximate surface area is 145 Å². The van der Waals surface area contributed by atoms with Crippen LogP contribution in [0.15, 0.2) is 48.5 Å². The monoisotopic (exact) mass is 344 g/mol. The normalized spacial score (nSPS) is 11.6. The largest absolute Gasteiger partial charge is 0.394 e. The van der Waals surface area contributed by atoms with E-state index < -0.39 is 5.82 Å². The summed E-state index contributed by atoms with van der Waals surface area (Å²) in [4.78, 5) is 23.9. The number of carbonyl (C=O) groups excluding carboxylic acids is 2. The molecule has 0 aliphatic rings. The lowest BCUT2D eigenvalue weighted by atomic mass is 10.1. The molecule has 1 atom stereocenters. The summed E-state index contributed by atoms with van der Waals surface area (Å²) >= 11 is 0. The number of benzene rings is 2. The van der Waals surface area contributed by atoms with Crippen LogP contribution in [0.4, 0.5) is 10.1 Å². The lowest BCUT2D eigenvalue weighted by molar-refractivity contribution is -0.121. The van der Waals surface area contributed by atoms with Crippen LogP contribution in [-0.2, 0) is 11.2 Å². The van der Waals surface area contributed by atoms with E-state index >= 15 is 0 Å². The van der Waals surface area contributed by atoms with E-state index in [1.807, 2.05) is 6.92 Å². The number of aliphatic hydroxyl groups is 1. The van der Waals surface area contributed by atoms with Gasteiger partial charge in [-0.2, -0.15) is 0 Å². The van der Waals surface area contributed by atoms with E-state index in [1.54, 1.807) is 24.3 Å². The van der Waals surface area contributed by atoms with Crippen LogP contribution in [0, 0.1) is 5.82 Å². The van der Waals surface area contributed by atoms with Crippen LogP contribution in [0.25, 0.3) is 0 Å². The first kappa shape index (κ1) is 18.6. The maximum atomic E-state index is 12.9. The number of amides is 2. The Hall–Kier alpha value is -2.73. The number of nitrogens with one attached hydrogen (secondary N) is 2. The first-order chi connectivity index (χ1) is 12.0. The average Bonchev–Trinajstić information content (AvgIpc) is 2.61. The van der Waals surface area contributed by atoms with Crippen molar-refractivity contribution >= 4 is 17.5 Å². The van der Waals surface area contributed by atoms with Crippen molar-refractivity contribution in [3.8, 4) is 0 Å². The number of rotatable bonds is 7. The van der Waals surface area contributed by atoms with Crippen molar-refractivity contribution < 1.29 is 19.1 Å². The van der Waals surface area contributed by atoms with Gasteiger partial charge in [-0.1, -0.05) is 19.1 Å². The third-order valence-corrected chi connectivity index (χ3v) is 3.76. The molecule has 2 rings (SSSR count). The fourth-order valence-electron chi connectivity index (χ4n) is 2.25. The Balaban J connectivity index is 1.92. The molecule has 0 spiro atoms. The third-order valence-electron chi connectivity index (χ3n) is 3.76. The molecule has 0 fully saturated rings. The summed E-state index contributed by atoms with van der Waals surface area (Å²) in [7, 11) is 0. The van der Waals surface area contributed by atoms with Crippen LogP contribution in [0.5, 0.6) is 0 Å². The Kier molecular flexibility index (Phi) is 6.65. The number of hydrogen-bond acceptors (Lipinski definition) is 3. The van der Waals surface area contributed by atoms with Gasteiger partial charge in [-0.15, -0.1) is 0 Å². The molecule has 2 amide bonds. The van der Waals surface area contributed by atoms with E-state index in [1.165, 1.54) is 24.3 Å². The lowest BCUT2D eigenvalue weighted by Gasteiger charge is -2.14. The van der Waals surface area contributed by atoms with E-state index in [2.05, 4.69) is 10.6 Å². The number of hydrogen-bond donors (Lipinski definition) is 3. The van der Waals surface area contributed by atoms with Gasteiger partial charge in [-0.3, -0.25) is 9.59 Å². The van der Waals surface area contributed by atoms with Crippen LogP contribution in [0.1, 0.15) is 29.3 Å². The van der Waals surface area contributed by atoms with Gasteiger partial charge in [0, 0.05) is 11.3 Å². The SMILES string of the molecule is CCC(CO)NC(=O)Cc1ccc(NC(=O)c2ccc(F)cc2)cc1. The van der Waals surface area contributed by atoms with Crippen molar-refractivity contribution in [3.63, 3.8) is 0 Å². The van der Waals surface area contributed by atoms with Gasteiger partial charge in [0.05, 0.1) is 19.1 Å². The second-order valence-corrected chi connectivity index (χ2v) is 5.69. The van der Waals surface area contributed by atoms with Crippen molar-refractivity contribution in [1.29, 1.82) is 0 Å². The van der Waals surface area contributed by atoms with Gasteiger partial charge in [0.15, 0.2) is 0 Å². The van der Waals surface area contributed by atoms with Crippen LogP contribution >= 0.6 is 0 Å². The Bertz CT molecular complexity index is 710. The fraction of sp³-hybridized carbons (Fsp3) is 0.263. The van der Waals surface area contributed by atoms with Gasteiger partial charge >= 0.3 is 0 Å². The van der Waals surface area contributed by atoms with Crippen molar-refractivity contribution in [2.24, 2.45) is 0 Å². The highest BCUT2D eigenvalue weighted by Crippen LogP contribution is 2.12. The van der Waals surface area contributed by atoms with Gasteiger partial charge < -0.3 is 15.7 Å². The second kappa shape index (κ2) is 8.94. The molecule has 0 heterocycles. The third kappa shape index (κ3) is 5.69. The highest BCUT2D eigenvalue weighted by molar-refractivity contribution is 6.04. The molecule has 6 heteroatoms. The molecule has 0 aliphatic heterocycles. The predicted molar refractivity (Wildman–Crippen MR) is 93.8 cm³/mol. The lowest BCUT2D eigenvalue weighted by Crippen LogP contribution is -2.37. The van der Waals surface area contributed by atoms with Gasteiger partial charge in [0.1, 0.15) is 5.82 Å². The molecule has 0 saturated heterocycles. The molecule has 2 aromatic rings. The van der Waals surface area contributed by atoms with E-state index in [4.69, 9.17) is 5.11 Å². The zero-order valence-electron chi connectivity index (χ0n) is 14.0. The molecule has 0 bridgehead atoms. The van der Waals surface area contributed by atoms with Gasteiger partial charge in [0.2, 0.25) is 5.91 Å². The summed E-state index contributed by atoms with van der Waals surface area (Å²) in [6.45, 7) is 1.80. The van der Waals surface area contributed by atoms with Crippen LogP contribution in [-0.4, -0.2) is 29.6 Å². The van der Waals surface area contributed by atoms with Gasteiger partial charge in [0.25, 0.3) is 5.91 Å². The molecular weight excluding hydrogens is 323 g/mol. The Morgan fingerprint density at radius 3 is 2.28 bits per heavy atom. The molecule has 2 aromatic carbocycles. The van der Waals surface area contributed by atoms with Crippen LogP contribution < -0.4 is 10.6 Å². The fourth-order valence-corrected chi connectivity index (χ4v) is 2.25. The molecule has 25 heavy (non-hydrogen) atoms. The topological polar surface area (TPSA) is 78.4 Å². The van der Waals surface area contributed by atoms with Crippen LogP contribution in [0.3, 0.4) is 0 Å².